The molecule has 0 fully saturated rings. The molecular formula is C11H14N4O4S. The second kappa shape index (κ2) is 7.24. The summed E-state index contributed by atoms with van der Waals surface area (Å²) in [4.78, 5) is 37.5. The van der Waals surface area contributed by atoms with Gasteiger partial charge in [-0.1, -0.05) is 6.08 Å². The largest absolute Gasteiger partial charge is 0.448 e. The zero-order chi connectivity index (χ0) is 15.1. The van der Waals surface area contributed by atoms with Crippen LogP contribution in [0.25, 0.3) is 0 Å². The van der Waals surface area contributed by atoms with Crippen LogP contribution in [0.15, 0.2) is 18.0 Å². The van der Waals surface area contributed by atoms with Gasteiger partial charge in [0.1, 0.15) is 0 Å². The number of hydrogen-bond acceptors (Lipinski definition) is 7. The van der Waals surface area contributed by atoms with Crippen LogP contribution < -0.4 is 16.4 Å². The molecule has 4 N–H and O–H groups in total. The normalized spacial score (nSPS) is 11.2. The predicted octanol–water partition coefficient (Wildman–Crippen LogP) is 0.481. The first kappa shape index (κ1) is 15.6. The maximum absolute atomic E-state index is 11.7. The molecule has 20 heavy (non-hydrogen) atoms. The minimum absolute atomic E-state index is 0.0697. The minimum Gasteiger partial charge on any atom is -0.448 e. The monoisotopic (exact) mass is 298 g/mol. The van der Waals surface area contributed by atoms with Crippen molar-refractivity contribution in [3.63, 3.8) is 0 Å². The van der Waals surface area contributed by atoms with E-state index >= 15 is 0 Å². The fraction of sp³-hybridized carbons (Fsp3) is 0.273. The van der Waals surface area contributed by atoms with Crippen molar-refractivity contribution in [3.8, 4) is 0 Å². The van der Waals surface area contributed by atoms with Crippen LogP contribution in [-0.4, -0.2) is 35.5 Å². The van der Waals surface area contributed by atoms with Crippen LogP contribution in [0, 0.1) is 0 Å². The van der Waals surface area contributed by atoms with Crippen LogP contribution in [-0.2, 0) is 9.53 Å². The fourth-order valence-electron chi connectivity index (χ4n) is 1.11. The summed E-state index contributed by atoms with van der Waals surface area (Å²) in [6, 6.07) is -1.01. The minimum atomic E-state index is -1.15. The van der Waals surface area contributed by atoms with E-state index in [0.717, 1.165) is 0 Å². The average molecular weight is 298 g/mol. The average Bonchev–Trinajstić information content (AvgIpc) is 2.84. The molecule has 1 unspecified atom stereocenters. The Labute approximate surface area is 119 Å². The number of amides is 3. The molecule has 1 aromatic heterocycles. The number of nitrogens with one attached hydrogen (secondary N) is 2. The smallest absolute Gasteiger partial charge is 0.358 e. The van der Waals surface area contributed by atoms with Gasteiger partial charge in [-0.15, -0.1) is 17.9 Å². The second-order valence-electron chi connectivity index (χ2n) is 3.61. The number of hydrogen-bond donors (Lipinski definition) is 3. The standard InChI is InChI=1S/C11H14N4O4S/c1-3-4-13-11-14-7(5-20-11)9(17)19-6(2)8(16)15-10(12)18/h3,5-6H,1,4H2,2H3,(H,13,14)(H3,12,15,16,18). The molecule has 3 amide bonds. The summed E-state index contributed by atoms with van der Waals surface area (Å²) >= 11 is 1.22. The van der Waals surface area contributed by atoms with Crippen molar-refractivity contribution in [3.05, 3.63) is 23.7 Å². The Morgan fingerprint density at radius 3 is 2.90 bits per heavy atom. The highest BCUT2D eigenvalue weighted by Gasteiger charge is 2.21. The number of rotatable bonds is 6. The molecule has 1 aromatic rings. The summed E-state index contributed by atoms with van der Waals surface area (Å²) in [5, 5.41) is 6.75. The predicted molar refractivity (Wildman–Crippen MR) is 73.4 cm³/mol. The first-order chi connectivity index (χ1) is 9.43. The van der Waals surface area contributed by atoms with E-state index in [1.54, 1.807) is 6.08 Å². The maximum atomic E-state index is 11.7. The Morgan fingerprint density at radius 2 is 2.30 bits per heavy atom. The molecule has 0 radical (unpaired) electrons. The van der Waals surface area contributed by atoms with E-state index in [2.05, 4.69) is 16.9 Å². The third-order valence-corrected chi connectivity index (χ3v) is 2.81. The summed E-state index contributed by atoms with van der Waals surface area (Å²) in [5.74, 6) is -1.56. The molecule has 1 atom stereocenters. The zero-order valence-corrected chi connectivity index (χ0v) is 11.5. The summed E-state index contributed by atoms with van der Waals surface area (Å²) in [5.41, 5.74) is 4.85. The van der Waals surface area contributed by atoms with Gasteiger partial charge < -0.3 is 15.8 Å². The molecule has 0 aromatic carbocycles. The number of carbonyl (C=O) groups is 3. The molecule has 9 heteroatoms. The van der Waals surface area contributed by atoms with Gasteiger partial charge >= 0.3 is 12.0 Å². The van der Waals surface area contributed by atoms with Crippen molar-refractivity contribution in [2.24, 2.45) is 5.73 Å². The summed E-state index contributed by atoms with van der Waals surface area (Å²) in [6.45, 7) is 5.37. The number of nitrogens with zero attached hydrogens (tertiary/aromatic N) is 1. The number of esters is 1. The molecule has 0 aliphatic heterocycles. The van der Waals surface area contributed by atoms with Crippen molar-refractivity contribution in [2.45, 2.75) is 13.0 Å². The van der Waals surface area contributed by atoms with E-state index in [9.17, 15) is 14.4 Å². The second-order valence-corrected chi connectivity index (χ2v) is 4.47. The number of imide groups is 1. The molecule has 0 saturated carbocycles. The van der Waals surface area contributed by atoms with Gasteiger partial charge in [0.2, 0.25) is 0 Å². The van der Waals surface area contributed by atoms with Gasteiger partial charge in [0, 0.05) is 11.9 Å². The topological polar surface area (TPSA) is 123 Å². The number of primary amides is 1. The highest BCUT2D eigenvalue weighted by molar-refractivity contribution is 7.13. The quantitative estimate of drug-likeness (QED) is 0.518. The number of ether oxygens (including phenoxy) is 1. The fourth-order valence-corrected chi connectivity index (χ4v) is 1.80. The Kier molecular flexibility index (Phi) is 5.66. The summed E-state index contributed by atoms with van der Waals surface area (Å²) in [6.07, 6.45) is 0.497. The Bertz CT molecular complexity index is 528. The molecule has 0 aliphatic carbocycles. The number of aromatic nitrogens is 1. The number of thiazole rings is 1. The number of anilines is 1. The van der Waals surface area contributed by atoms with E-state index in [1.807, 2.05) is 5.32 Å². The lowest BCUT2D eigenvalue weighted by Gasteiger charge is -2.10. The Balaban J connectivity index is 2.57. The van der Waals surface area contributed by atoms with Crippen LogP contribution in [0.4, 0.5) is 9.93 Å². The molecule has 0 aliphatic rings. The first-order valence-corrected chi connectivity index (χ1v) is 6.43. The molecule has 0 spiro atoms. The van der Waals surface area contributed by atoms with Crippen LogP contribution in [0.5, 0.6) is 0 Å². The molecular weight excluding hydrogens is 284 g/mol. The summed E-state index contributed by atoms with van der Waals surface area (Å²) in [7, 11) is 0. The van der Waals surface area contributed by atoms with Crippen molar-refractivity contribution in [2.75, 3.05) is 11.9 Å². The zero-order valence-electron chi connectivity index (χ0n) is 10.7. The van der Waals surface area contributed by atoms with E-state index in [0.29, 0.717) is 11.7 Å². The van der Waals surface area contributed by atoms with E-state index in [-0.39, 0.29) is 5.69 Å². The molecule has 8 nitrogen and oxygen atoms in total. The van der Waals surface area contributed by atoms with Gasteiger partial charge in [0.25, 0.3) is 5.91 Å². The summed E-state index contributed by atoms with van der Waals surface area (Å²) < 4.78 is 4.85. The molecule has 1 heterocycles. The van der Waals surface area contributed by atoms with E-state index < -0.39 is 24.0 Å². The first-order valence-electron chi connectivity index (χ1n) is 5.55. The SMILES string of the molecule is C=CCNc1nc(C(=O)OC(C)C(=O)NC(N)=O)cs1. The van der Waals surface area contributed by atoms with Gasteiger partial charge in [-0.05, 0) is 6.92 Å². The molecule has 1 rings (SSSR count). The third-order valence-electron chi connectivity index (χ3n) is 2.01. The highest BCUT2D eigenvalue weighted by atomic mass is 32.1. The third kappa shape index (κ3) is 4.69. The Hall–Kier alpha value is -2.42. The van der Waals surface area contributed by atoms with Crippen LogP contribution >= 0.6 is 11.3 Å². The van der Waals surface area contributed by atoms with Gasteiger partial charge in [-0.2, -0.15) is 0 Å². The lowest BCUT2D eigenvalue weighted by Crippen LogP contribution is -2.42. The van der Waals surface area contributed by atoms with Crippen molar-refractivity contribution < 1.29 is 19.1 Å². The van der Waals surface area contributed by atoms with Gasteiger partial charge in [0.05, 0.1) is 0 Å². The number of urea groups is 1. The lowest BCUT2D eigenvalue weighted by atomic mass is 10.3. The molecule has 0 bridgehead atoms. The molecule has 108 valence electrons. The maximum Gasteiger partial charge on any atom is 0.358 e. The van der Waals surface area contributed by atoms with Crippen molar-refractivity contribution in [1.82, 2.24) is 10.3 Å². The van der Waals surface area contributed by atoms with E-state index in [4.69, 9.17) is 10.5 Å². The van der Waals surface area contributed by atoms with Gasteiger partial charge in [-0.25, -0.2) is 14.6 Å². The van der Waals surface area contributed by atoms with Crippen molar-refractivity contribution >= 4 is 34.4 Å². The van der Waals surface area contributed by atoms with E-state index in [1.165, 1.54) is 23.6 Å². The van der Waals surface area contributed by atoms with Crippen LogP contribution in [0.2, 0.25) is 0 Å². The van der Waals surface area contributed by atoms with Gasteiger partial charge in [-0.3, -0.25) is 10.1 Å². The van der Waals surface area contributed by atoms with Crippen LogP contribution in [0.1, 0.15) is 17.4 Å². The number of nitrogens with two attached hydrogens (primary N) is 1. The van der Waals surface area contributed by atoms with Crippen molar-refractivity contribution in [1.29, 1.82) is 0 Å². The number of carbonyl (C=O) groups excluding carboxylic acids is 3. The van der Waals surface area contributed by atoms with Gasteiger partial charge in [0.15, 0.2) is 16.9 Å². The highest BCUT2D eigenvalue weighted by Crippen LogP contribution is 2.16. The van der Waals surface area contributed by atoms with Crippen LogP contribution in [0.3, 0.4) is 0 Å². The Morgan fingerprint density at radius 1 is 1.60 bits per heavy atom. The molecule has 0 saturated heterocycles. The lowest BCUT2D eigenvalue weighted by molar-refractivity contribution is -0.127.